The molecular formula is C18H17NO2. The van der Waals surface area contributed by atoms with Crippen LogP contribution in [0, 0.1) is 0 Å². The summed E-state index contributed by atoms with van der Waals surface area (Å²) in [6.45, 7) is 2.05. The summed E-state index contributed by atoms with van der Waals surface area (Å²) in [6.07, 6.45) is 1.50. The predicted octanol–water partition coefficient (Wildman–Crippen LogP) is 3.69. The first kappa shape index (κ1) is 13.6. The molecule has 21 heavy (non-hydrogen) atoms. The molecule has 1 aliphatic heterocycles. The molecule has 3 nitrogen and oxygen atoms in total. The largest absolute Gasteiger partial charge is 0.405 e. The number of hydrogen-bond donors (Lipinski definition) is 0. The number of hydrogen-bond acceptors (Lipinski definition) is 3. The van der Waals surface area contributed by atoms with Crippen LogP contribution in [0.4, 0.5) is 0 Å². The van der Waals surface area contributed by atoms with Crippen molar-refractivity contribution < 1.29 is 9.53 Å². The SMILES string of the molecule is CCCC1(c2ccccc2)N=C(c2ccccc2)OC1=O. The molecule has 0 aromatic heterocycles. The number of aliphatic imine (C=N–C) groups is 1. The molecule has 0 amide bonds. The van der Waals surface area contributed by atoms with E-state index in [-0.39, 0.29) is 5.97 Å². The van der Waals surface area contributed by atoms with Crippen molar-refractivity contribution in [3.8, 4) is 0 Å². The van der Waals surface area contributed by atoms with E-state index in [0.717, 1.165) is 17.5 Å². The lowest BCUT2D eigenvalue weighted by Crippen LogP contribution is -2.30. The second-order valence-corrected chi connectivity index (χ2v) is 5.15. The molecule has 1 atom stereocenters. The van der Waals surface area contributed by atoms with Crippen molar-refractivity contribution in [3.63, 3.8) is 0 Å². The highest BCUT2D eigenvalue weighted by Crippen LogP contribution is 2.37. The Morgan fingerprint density at radius 1 is 1.00 bits per heavy atom. The van der Waals surface area contributed by atoms with Gasteiger partial charge in [0.1, 0.15) is 0 Å². The maximum Gasteiger partial charge on any atom is 0.345 e. The highest BCUT2D eigenvalue weighted by molar-refractivity contribution is 6.08. The molecule has 0 bridgehead atoms. The molecule has 0 fully saturated rings. The van der Waals surface area contributed by atoms with Gasteiger partial charge in [-0.15, -0.1) is 0 Å². The molecule has 0 spiro atoms. The number of benzene rings is 2. The van der Waals surface area contributed by atoms with Crippen LogP contribution in [-0.2, 0) is 15.1 Å². The minimum atomic E-state index is -0.902. The minimum Gasteiger partial charge on any atom is -0.405 e. The number of rotatable bonds is 4. The lowest BCUT2D eigenvalue weighted by molar-refractivity contribution is -0.139. The van der Waals surface area contributed by atoms with E-state index in [1.807, 2.05) is 67.6 Å². The Kier molecular flexibility index (Phi) is 3.57. The predicted molar refractivity (Wildman–Crippen MR) is 82.1 cm³/mol. The first-order valence-electron chi connectivity index (χ1n) is 7.19. The van der Waals surface area contributed by atoms with E-state index in [2.05, 4.69) is 4.99 Å². The summed E-state index contributed by atoms with van der Waals surface area (Å²) in [7, 11) is 0. The van der Waals surface area contributed by atoms with Crippen LogP contribution in [0.3, 0.4) is 0 Å². The van der Waals surface area contributed by atoms with E-state index in [0.29, 0.717) is 12.3 Å². The molecular weight excluding hydrogens is 262 g/mol. The Bertz CT molecular complexity index is 664. The van der Waals surface area contributed by atoms with Crippen molar-refractivity contribution in [3.05, 3.63) is 71.8 Å². The lowest BCUT2D eigenvalue weighted by atomic mass is 9.86. The van der Waals surface area contributed by atoms with Crippen LogP contribution in [0.25, 0.3) is 0 Å². The van der Waals surface area contributed by atoms with Gasteiger partial charge in [-0.3, -0.25) is 0 Å². The first-order chi connectivity index (χ1) is 10.3. The van der Waals surface area contributed by atoms with E-state index in [1.165, 1.54) is 0 Å². The molecule has 1 heterocycles. The van der Waals surface area contributed by atoms with Crippen LogP contribution >= 0.6 is 0 Å². The van der Waals surface area contributed by atoms with Gasteiger partial charge in [0, 0.05) is 5.56 Å². The number of carbonyl (C=O) groups excluding carboxylic acids is 1. The van der Waals surface area contributed by atoms with Crippen LogP contribution in [0.5, 0.6) is 0 Å². The van der Waals surface area contributed by atoms with Gasteiger partial charge in [0.2, 0.25) is 5.90 Å². The molecule has 0 N–H and O–H groups in total. The van der Waals surface area contributed by atoms with E-state index in [9.17, 15) is 4.79 Å². The molecule has 1 unspecified atom stereocenters. The van der Waals surface area contributed by atoms with Crippen molar-refractivity contribution in [1.82, 2.24) is 0 Å². The number of cyclic esters (lactones) is 1. The van der Waals surface area contributed by atoms with Gasteiger partial charge in [-0.2, -0.15) is 0 Å². The lowest BCUT2D eigenvalue weighted by Gasteiger charge is -2.21. The number of carbonyl (C=O) groups is 1. The van der Waals surface area contributed by atoms with Gasteiger partial charge in [-0.1, -0.05) is 61.9 Å². The van der Waals surface area contributed by atoms with Gasteiger partial charge in [-0.25, -0.2) is 9.79 Å². The van der Waals surface area contributed by atoms with E-state index < -0.39 is 5.54 Å². The standard InChI is InChI=1S/C18H17NO2/c1-2-13-18(15-11-7-4-8-12-15)17(20)21-16(19-18)14-9-5-3-6-10-14/h3-12H,2,13H2,1H3. The number of esters is 1. The zero-order valence-corrected chi connectivity index (χ0v) is 12.0. The fraction of sp³-hybridized carbons (Fsp3) is 0.222. The van der Waals surface area contributed by atoms with Gasteiger partial charge >= 0.3 is 5.97 Å². The Morgan fingerprint density at radius 3 is 2.24 bits per heavy atom. The van der Waals surface area contributed by atoms with Gasteiger partial charge in [0.25, 0.3) is 0 Å². The van der Waals surface area contributed by atoms with Gasteiger partial charge in [0.05, 0.1) is 0 Å². The van der Waals surface area contributed by atoms with Crippen molar-refractivity contribution in [1.29, 1.82) is 0 Å². The molecule has 106 valence electrons. The van der Waals surface area contributed by atoms with Crippen molar-refractivity contribution in [2.24, 2.45) is 4.99 Å². The Labute approximate surface area is 124 Å². The van der Waals surface area contributed by atoms with E-state index in [1.54, 1.807) is 0 Å². The number of nitrogens with zero attached hydrogens (tertiary/aromatic N) is 1. The van der Waals surface area contributed by atoms with Crippen molar-refractivity contribution in [2.45, 2.75) is 25.3 Å². The monoisotopic (exact) mass is 279 g/mol. The summed E-state index contributed by atoms with van der Waals surface area (Å²) in [5, 5.41) is 0. The topological polar surface area (TPSA) is 38.7 Å². The molecule has 1 aliphatic rings. The molecule has 0 saturated heterocycles. The second-order valence-electron chi connectivity index (χ2n) is 5.15. The summed E-state index contributed by atoms with van der Waals surface area (Å²) in [4.78, 5) is 17.2. The second kappa shape index (κ2) is 5.52. The molecule has 3 heteroatoms. The van der Waals surface area contributed by atoms with Gasteiger partial charge in [-0.05, 0) is 24.1 Å². The molecule has 0 saturated carbocycles. The minimum absolute atomic E-state index is 0.283. The maximum atomic E-state index is 12.5. The molecule has 2 aromatic rings. The molecule has 3 rings (SSSR count). The van der Waals surface area contributed by atoms with Crippen LogP contribution < -0.4 is 0 Å². The molecule has 2 aromatic carbocycles. The quantitative estimate of drug-likeness (QED) is 0.801. The van der Waals surface area contributed by atoms with Crippen LogP contribution in [0.15, 0.2) is 65.7 Å². The average Bonchev–Trinajstić information content (AvgIpc) is 2.88. The summed E-state index contributed by atoms with van der Waals surface area (Å²) >= 11 is 0. The molecule has 0 radical (unpaired) electrons. The summed E-state index contributed by atoms with van der Waals surface area (Å²) in [5.41, 5.74) is 0.823. The third-order valence-corrected chi connectivity index (χ3v) is 3.70. The molecule has 0 aliphatic carbocycles. The average molecular weight is 279 g/mol. The first-order valence-corrected chi connectivity index (χ1v) is 7.19. The van der Waals surface area contributed by atoms with Crippen LogP contribution in [0.2, 0.25) is 0 Å². The summed E-state index contributed by atoms with van der Waals surface area (Å²) in [6, 6.07) is 19.2. The Balaban J connectivity index is 2.08. The Hall–Kier alpha value is -2.42. The fourth-order valence-corrected chi connectivity index (χ4v) is 2.68. The van der Waals surface area contributed by atoms with Crippen molar-refractivity contribution in [2.75, 3.05) is 0 Å². The highest BCUT2D eigenvalue weighted by Gasteiger charge is 2.46. The van der Waals surface area contributed by atoms with E-state index >= 15 is 0 Å². The third-order valence-electron chi connectivity index (χ3n) is 3.70. The van der Waals surface area contributed by atoms with E-state index in [4.69, 9.17) is 4.74 Å². The van der Waals surface area contributed by atoms with Crippen LogP contribution in [-0.4, -0.2) is 11.9 Å². The van der Waals surface area contributed by atoms with Crippen LogP contribution in [0.1, 0.15) is 30.9 Å². The zero-order valence-electron chi connectivity index (χ0n) is 12.0. The van der Waals surface area contributed by atoms with Gasteiger partial charge in [0.15, 0.2) is 5.54 Å². The maximum absolute atomic E-state index is 12.5. The fourth-order valence-electron chi connectivity index (χ4n) is 2.68. The third kappa shape index (κ3) is 2.35. The highest BCUT2D eigenvalue weighted by atomic mass is 16.6. The summed E-state index contributed by atoms with van der Waals surface area (Å²) in [5.74, 6) is 0.132. The summed E-state index contributed by atoms with van der Waals surface area (Å²) < 4.78 is 5.48. The smallest absolute Gasteiger partial charge is 0.345 e. The Morgan fingerprint density at radius 2 is 1.62 bits per heavy atom. The van der Waals surface area contributed by atoms with Crippen molar-refractivity contribution >= 4 is 11.9 Å². The normalized spacial score (nSPS) is 21.0. The zero-order chi connectivity index (χ0) is 14.7. The van der Waals surface area contributed by atoms with Gasteiger partial charge < -0.3 is 4.74 Å². The number of ether oxygens (including phenoxy) is 1.